The van der Waals surface area contributed by atoms with Crippen LogP contribution in [0.3, 0.4) is 0 Å². The second-order valence-corrected chi connectivity index (χ2v) is 3.55. The lowest BCUT2D eigenvalue weighted by Gasteiger charge is -2.16. The van der Waals surface area contributed by atoms with Crippen LogP contribution in [0.4, 0.5) is 0 Å². The lowest BCUT2D eigenvalue weighted by Crippen LogP contribution is -2.44. The van der Waals surface area contributed by atoms with Crippen molar-refractivity contribution in [3.8, 4) is 0 Å². The number of carbonyl (C=O) groups excluding carboxylic acids is 1. The molecule has 0 saturated carbocycles. The van der Waals surface area contributed by atoms with E-state index in [0.717, 1.165) is 0 Å². The van der Waals surface area contributed by atoms with Crippen molar-refractivity contribution in [1.82, 2.24) is 20.1 Å². The molecule has 18 heavy (non-hydrogen) atoms. The van der Waals surface area contributed by atoms with E-state index in [1.807, 2.05) is 0 Å². The van der Waals surface area contributed by atoms with Crippen LogP contribution in [-0.4, -0.2) is 48.9 Å². The van der Waals surface area contributed by atoms with Crippen molar-refractivity contribution >= 4 is 17.8 Å². The van der Waals surface area contributed by atoms with Gasteiger partial charge in [0.25, 0.3) is 0 Å². The van der Waals surface area contributed by atoms with Crippen LogP contribution in [0, 0.1) is 0 Å². The van der Waals surface area contributed by atoms with Gasteiger partial charge < -0.3 is 15.5 Å². The fourth-order valence-corrected chi connectivity index (χ4v) is 1.20. The van der Waals surface area contributed by atoms with Gasteiger partial charge in [-0.15, -0.1) is 0 Å². The maximum absolute atomic E-state index is 11.7. The SMILES string of the molecule is CC(C(=O)N[C@@H](CC(=O)O)C(=O)O)n1cncn1. The van der Waals surface area contributed by atoms with E-state index in [4.69, 9.17) is 10.2 Å². The highest BCUT2D eigenvalue weighted by Gasteiger charge is 2.26. The van der Waals surface area contributed by atoms with Crippen LogP contribution in [0.5, 0.6) is 0 Å². The van der Waals surface area contributed by atoms with Crippen molar-refractivity contribution in [2.45, 2.75) is 25.4 Å². The van der Waals surface area contributed by atoms with Crippen molar-refractivity contribution in [3.63, 3.8) is 0 Å². The molecule has 2 atom stereocenters. The van der Waals surface area contributed by atoms with E-state index in [9.17, 15) is 14.4 Å². The number of carbonyl (C=O) groups is 3. The van der Waals surface area contributed by atoms with Gasteiger partial charge in [-0.05, 0) is 6.92 Å². The van der Waals surface area contributed by atoms with E-state index in [-0.39, 0.29) is 0 Å². The van der Waals surface area contributed by atoms with Gasteiger partial charge in [-0.25, -0.2) is 14.5 Å². The quantitative estimate of drug-likeness (QED) is 0.586. The molecule has 0 aliphatic heterocycles. The third kappa shape index (κ3) is 3.54. The van der Waals surface area contributed by atoms with E-state index < -0.39 is 36.4 Å². The fraction of sp³-hybridized carbons (Fsp3) is 0.444. The lowest BCUT2D eigenvalue weighted by atomic mass is 10.2. The first-order valence-corrected chi connectivity index (χ1v) is 5.01. The molecule has 0 aliphatic rings. The summed E-state index contributed by atoms with van der Waals surface area (Å²) in [7, 11) is 0. The van der Waals surface area contributed by atoms with Gasteiger partial charge in [-0.3, -0.25) is 9.59 Å². The van der Waals surface area contributed by atoms with Crippen LogP contribution in [0.1, 0.15) is 19.4 Å². The molecule has 3 N–H and O–H groups in total. The molecule has 0 aliphatic carbocycles. The van der Waals surface area contributed by atoms with Crippen LogP contribution in [-0.2, 0) is 14.4 Å². The number of carboxylic acid groups (broad SMARTS) is 2. The minimum Gasteiger partial charge on any atom is -0.481 e. The van der Waals surface area contributed by atoms with Crippen LogP contribution in [0.15, 0.2) is 12.7 Å². The zero-order valence-electron chi connectivity index (χ0n) is 9.48. The van der Waals surface area contributed by atoms with Gasteiger partial charge in [-0.1, -0.05) is 0 Å². The molecule has 1 aromatic heterocycles. The predicted molar refractivity (Wildman–Crippen MR) is 56.6 cm³/mol. The van der Waals surface area contributed by atoms with Crippen molar-refractivity contribution in [1.29, 1.82) is 0 Å². The number of hydrogen-bond donors (Lipinski definition) is 3. The second kappa shape index (κ2) is 5.75. The highest BCUT2D eigenvalue weighted by molar-refractivity contribution is 5.88. The first-order chi connectivity index (χ1) is 8.41. The number of carboxylic acids is 2. The highest BCUT2D eigenvalue weighted by atomic mass is 16.4. The topological polar surface area (TPSA) is 134 Å². The Kier molecular flexibility index (Phi) is 4.35. The maximum Gasteiger partial charge on any atom is 0.326 e. The van der Waals surface area contributed by atoms with E-state index in [1.165, 1.54) is 24.3 Å². The average molecular weight is 256 g/mol. The minimum absolute atomic E-state index is 0.644. The van der Waals surface area contributed by atoms with Gasteiger partial charge in [-0.2, -0.15) is 5.10 Å². The highest BCUT2D eigenvalue weighted by Crippen LogP contribution is 2.03. The molecule has 9 heteroatoms. The molecule has 0 saturated heterocycles. The van der Waals surface area contributed by atoms with Crippen LogP contribution >= 0.6 is 0 Å². The van der Waals surface area contributed by atoms with E-state index in [2.05, 4.69) is 15.4 Å². The smallest absolute Gasteiger partial charge is 0.326 e. The van der Waals surface area contributed by atoms with Crippen molar-refractivity contribution in [3.05, 3.63) is 12.7 Å². The number of aliphatic carboxylic acids is 2. The Hall–Kier alpha value is -2.45. The predicted octanol–water partition coefficient (Wildman–Crippen LogP) is -1.12. The number of hydrogen-bond acceptors (Lipinski definition) is 5. The van der Waals surface area contributed by atoms with Crippen molar-refractivity contribution < 1.29 is 24.6 Å². The summed E-state index contributed by atoms with van der Waals surface area (Å²) in [5, 5.41) is 23.2. The normalized spacial score (nSPS) is 13.6. The molecule has 0 aromatic carbocycles. The Balaban J connectivity index is 2.66. The molecule has 9 nitrogen and oxygen atoms in total. The van der Waals surface area contributed by atoms with Crippen LogP contribution in [0.2, 0.25) is 0 Å². The molecule has 1 unspecified atom stereocenters. The number of rotatable bonds is 6. The lowest BCUT2D eigenvalue weighted by molar-refractivity contribution is -0.147. The van der Waals surface area contributed by atoms with Gasteiger partial charge in [0.1, 0.15) is 24.7 Å². The summed E-state index contributed by atoms with van der Waals surface area (Å²) in [5.41, 5.74) is 0. The first kappa shape index (κ1) is 13.6. The molecular formula is C9H12N4O5. The first-order valence-electron chi connectivity index (χ1n) is 5.01. The van der Waals surface area contributed by atoms with Crippen LogP contribution < -0.4 is 5.32 Å². The van der Waals surface area contributed by atoms with Gasteiger partial charge in [0, 0.05) is 0 Å². The van der Waals surface area contributed by atoms with E-state index in [1.54, 1.807) is 0 Å². The molecule has 1 heterocycles. The summed E-state index contributed by atoms with van der Waals surface area (Å²) in [5.74, 6) is -3.36. The molecule has 1 amide bonds. The van der Waals surface area contributed by atoms with E-state index in [0.29, 0.717) is 0 Å². The Morgan fingerprint density at radius 1 is 1.39 bits per heavy atom. The largest absolute Gasteiger partial charge is 0.481 e. The molecule has 98 valence electrons. The summed E-state index contributed by atoms with van der Waals surface area (Å²) < 4.78 is 1.23. The molecule has 1 rings (SSSR count). The molecule has 0 radical (unpaired) electrons. The maximum atomic E-state index is 11.7. The van der Waals surface area contributed by atoms with Gasteiger partial charge in [0.2, 0.25) is 5.91 Å². The summed E-state index contributed by atoms with van der Waals surface area (Å²) in [6, 6.07) is -2.25. The van der Waals surface area contributed by atoms with Gasteiger partial charge in [0.05, 0.1) is 6.42 Å². The van der Waals surface area contributed by atoms with Gasteiger partial charge >= 0.3 is 11.9 Å². The Bertz CT molecular complexity index is 444. The molecule has 0 fully saturated rings. The van der Waals surface area contributed by atoms with Crippen LogP contribution in [0.25, 0.3) is 0 Å². The molecule has 0 spiro atoms. The van der Waals surface area contributed by atoms with Crippen molar-refractivity contribution in [2.75, 3.05) is 0 Å². The summed E-state index contributed by atoms with van der Waals surface area (Å²) in [6.07, 6.45) is 1.85. The molecule has 1 aromatic rings. The minimum atomic E-state index is -1.47. The Labute approximate surface area is 101 Å². The zero-order chi connectivity index (χ0) is 13.7. The zero-order valence-corrected chi connectivity index (χ0v) is 9.48. The summed E-state index contributed by atoms with van der Waals surface area (Å²) in [6.45, 7) is 1.49. The van der Waals surface area contributed by atoms with Gasteiger partial charge in [0.15, 0.2) is 0 Å². The summed E-state index contributed by atoms with van der Waals surface area (Å²) >= 11 is 0. The number of nitrogens with zero attached hydrogens (tertiary/aromatic N) is 3. The molecule has 0 bridgehead atoms. The fourth-order valence-electron chi connectivity index (χ4n) is 1.20. The Morgan fingerprint density at radius 3 is 2.50 bits per heavy atom. The van der Waals surface area contributed by atoms with Crippen molar-refractivity contribution in [2.24, 2.45) is 0 Å². The van der Waals surface area contributed by atoms with E-state index >= 15 is 0 Å². The Morgan fingerprint density at radius 2 is 2.06 bits per heavy atom. The standard InChI is InChI=1S/C9H12N4O5/c1-5(13-4-10-3-11-13)8(16)12-6(9(17)18)2-7(14)15/h3-6H,2H2,1H3,(H,12,16)(H,14,15)(H,17,18)/t5?,6-/m0/s1. The third-order valence-electron chi connectivity index (χ3n) is 2.21. The second-order valence-electron chi connectivity index (χ2n) is 3.55. The average Bonchev–Trinajstić information content (AvgIpc) is 2.79. The molecular weight excluding hydrogens is 244 g/mol. The number of aromatic nitrogens is 3. The summed E-state index contributed by atoms with van der Waals surface area (Å²) in [4.78, 5) is 36.6. The number of amides is 1. The number of nitrogens with one attached hydrogen (secondary N) is 1. The monoisotopic (exact) mass is 256 g/mol. The third-order valence-corrected chi connectivity index (χ3v) is 2.21.